The molecule has 0 radical (unpaired) electrons. The first-order valence-electron chi connectivity index (χ1n) is 5.58. The van der Waals surface area contributed by atoms with Gasteiger partial charge in [-0.25, -0.2) is 4.39 Å². The maximum atomic E-state index is 12.9. The molecule has 0 amide bonds. The summed E-state index contributed by atoms with van der Waals surface area (Å²) in [4.78, 5) is 0. The van der Waals surface area contributed by atoms with Crippen molar-refractivity contribution in [3.05, 3.63) is 34.6 Å². The molecule has 90 valence electrons. The minimum Gasteiger partial charge on any atom is -0.330 e. The Morgan fingerprint density at radius 3 is 2.75 bits per heavy atom. The number of nitrogens with two attached hydrogens (primary N) is 1. The second kappa shape index (κ2) is 7.60. The summed E-state index contributed by atoms with van der Waals surface area (Å²) in [7, 11) is 0. The third-order valence-corrected chi connectivity index (χ3v) is 2.67. The van der Waals surface area contributed by atoms with Gasteiger partial charge in [-0.2, -0.15) is 0 Å². The minimum absolute atomic E-state index is 0.195. The monoisotopic (exact) mass is 244 g/mol. The summed E-state index contributed by atoms with van der Waals surface area (Å²) in [5, 5.41) is 3.51. The lowest BCUT2D eigenvalue weighted by Gasteiger charge is -2.05. The second-order valence-corrected chi connectivity index (χ2v) is 4.15. The van der Waals surface area contributed by atoms with Gasteiger partial charge in [-0.15, -0.1) is 0 Å². The van der Waals surface area contributed by atoms with Crippen molar-refractivity contribution in [2.45, 2.75) is 19.3 Å². The molecule has 3 N–H and O–H groups in total. The van der Waals surface area contributed by atoms with Crippen molar-refractivity contribution in [3.8, 4) is 0 Å². The van der Waals surface area contributed by atoms with Crippen LogP contribution in [-0.4, -0.2) is 19.6 Å². The van der Waals surface area contributed by atoms with Gasteiger partial charge >= 0.3 is 0 Å². The van der Waals surface area contributed by atoms with E-state index in [0.717, 1.165) is 44.5 Å². The Morgan fingerprint density at radius 2 is 2.06 bits per heavy atom. The van der Waals surface area contributed by atoms with Crippen LogP contribution in [0.15, 0.2) is 18.2 Å². The van der Waals surface area contributed by atoms with Gasteiger partial charge in [0.1, 0.15) is 5.82 Å². The lowest BCUT2D eigenvalue weighted by Crippen LogP contribution is -2.19. The SMILES string of the molecule is NCCCCNCCc1ccc(F)c(Cl)c1. The molecule has 1 aromatic rings. The van der Waals surface area contributed by atoms with E-state index in [2.05, 4.69) is 5.32 Å². The average Bonchev–Trinajstić information content (AvgIpc) is 2.28. The number of hydrogen-bond donors (Lipinski definition) is 2. The van der Waals surface area contributed by atoms with Crippen LogP contribution >= 0.6 is 11.6 Å². The molecular weight excluding hydrogens is 227 g/mol. The Hall–Kier alpha value is -0.640. The van der Waals surface area contributed by atoms with E-state index in [1.807, 2.05) is 0 Å². The molecule has 0 heterocycles. The van der Waals surface area contributed by atoms with E-state index >= 15 is 0 Å². The molecule has 1 rings (SSSR count). The lowest BCUT2D eigenvalue weighted by atomic mass is 10.1. The predicted molar refractivity (Wildman–Crippen MR) is 66.3 cm³/mol. The maximum absolute atomic E-state index is 12.9. The molecule has 0 aliphatic carbocycles. The lowest BCUT2D eigenvalue weighted by molar-refractivity contribution is 0.620. The molecule has 4 heteroatoms. The highest BCUT2D eigenvalue weighted by atomic mass is 35.5. The summed E-state index contributed by atoms with van der Waals surface area (Å²) in [6.45, 7) is 2.61. The first-order chi connectivity index (χ1) is 7.74. The Kier molecular flexibility index (Phi) is 6.38. The van der Waals surface area contributed by atoms with Crippen LogP contribution in [0.25, 0.3) is 0 Å². The van der Waals surface area contributed by atoms with Crippen LogP contribution in [0, 0.1) is 5.82 Å². The van der Waals surface area contributed by atoms with Gasteiger partial charge in [0, 0.05) is 0 Å². The van der Waals surface area contributed by atoms with Crippen molar-refractivity contribution in [2.75, 3.05) is 19.6 Å². The van der Waals surface area contributed by atoms with Gasteiger partial charge in [0.15, 0.2) is 0 Å². The largest absolute Gasteiger partial charge is 0.330 e. The summed E-state index contributed by atoms with van der Waals surface area (Å²) < 4.78 is 12.9. The molecular formula is C12H18ClFN2. The summed E-state index contributed by atoms with van der Waals surface area (Å²) in [5.41, 5.74) is 6.44. The topological polar surface area (TPSA) is 38.0 Å². The molecule has 0 atom stereocenters. The minimum atomic E-state index is -0.360. The Bertz CT molecular complexity index is 318. The third-order valence-electron chi connectivity index (χ3n) is 2.38. The molecule has 0 bridgehead atoms. The maximum Gasteiger partial charge on any atom is 0.141 e. The number of benzene rings is 1. The summed E-state index contributed by atoms with van der Waals surface area (Å²) in [5.74, 6) is -0.360. The first-order valence-corrected chi connectivity index (χ1v) is 5.96. The van der Waals surface area contributed by atoms with Crippen LogP contribution in [0.3, 0.4) is 0 Å². The van der Waals surface area contributed by atoms with Crippen LogP contribution in [-0.2, 0) is 6.42 Å². The summed E-state index contributed by atoms with van der Waals surface area (Å²) in [6, 6.07) is 4.85. The Morgan fingerprint density at radius 1 is 1.25 bits per heavy atom. The van der Waals surface area contributed by atoms with E-state index in [1.54, 1.807) is 12.1 Å². The second-order valence-electron chi connectivity index (χ2n) is 3.74. The summed E-state index contributed by atoms with van der Waals surface area (Å²) >= 11 is 5.69. The van der Waals surface area contributed by atoms with Gasteiger partial charge in [-0.3, -0.25) is 0 Å². The quantitative estimate of drug-likeness (QED) is 0.723. The average molecular weight is 245 g/mol. The molecule has 1 aromatic carbocycles. The van der Waals surface area contributed by atoms with Gasteiger partial charge in [0.2, 0.25) is 0 Å². The van der Waals surface area contributed by atoms with E-state index in [-0.39, 0.29) is 10.8 Å². The van der Waals surface area contributed by atoms with Crippen molar-refractivity contribution in [1.82, 2.24) is 5.32 Å². The van der Waals surface area contributed by atoms with Crippen molar-refractivity contribution < 1.29 is 4.39 Å². The molecule has 0 aromatic heterocycles. The van der Waals surface area contributed by atoms with Crippen LogP contribution in [0.5, 0.6) is 0 Å². The number of nitrogens with one attached hydrogen (secondary N) is 1. The highest BCUT2D eigenvalue weighted by Gasteiger charge is 2.00. The molecule has 0 saturated heterocycles. The van der Waals surface area contributed by atoms with Crippen LogP contribution in [0.1, 0.15) is 18.4 Å². The zero-order chi connectivity index (χ0) is 11.8. The van der Waals surface area contributed by atoms with Gasteiger partial charge in [-0.1, -0.05) is 17.7 Å². The molecule has 0 spiro atoms. The van der Waals surface area contributed by atoms with Gasteiger partial charge in [-0.05, 0) is 56.6 Å². The zero-order valence-electron chi connectivity index (χ0n) is 9.31. The number of rotatable bonds is 7. The van der Waals surface area contributed by atoms with Gasteiger partial charge in [0.25, 0.3) is 0 Å². The van der Waals surface area contributed by atoms with Crippen LogP contribution in [0.2, 0.25) is 5.02 Å². The molecule has 0 fully saturated rings. The molecule has 2 nitrogen and oxygen atoms in total. The third kappa shape index (κ3) is 4.92. The number of hydrogen-bond acceptors (Lipinski definition) is 2. The van der Waals surface area contributed by atoms with E-state index in [0.29, 0.717) is 0 Å². The Balaban J connectivity index is 2.19. The van der Waals surface area contributed by atoms with Crippen molar-refractivity contribution in [3.63, 3.8) is 0 Å². The Labute approximate surface area is 101 Å². The normalized spacial score (nSPS) is 10.7. The standard InChI is InChI=1S/C12H18ClFN2/c13-11-9-10(3-4-12(11)14)5-8-16-7-2-1-6-15/h3-4,9,16H,1-2,5-8,15H2. The smallest absolute Gasteiger partial charge is 0.141 e. The highest BCUT2D eigenvalue weighted by molar-refractivity contribution is 6.30. The van der Waals surface area contributed by atoms with Crippen molar-refractivity contribution in [2.24, 2.45) is 5.73 Å². The van der Waals surface area contributed by atoms with E-state index in [1.165, 1.54) is 6.07 Å². The van der Waals surface area contributed by atoms with Gasteiger partial charge < -0.3 is 11.1 Å². The fourth-order valence-electron chi connectivity index (χ4n) is 1.45. The predicted octanol–water partition coefficient (Wildman–Crippen LogP) is 2.35. The first kappa shape index (κ1) is 13.4. The molecule has 0 unspecified atom stereocenters. The van der Waals surface area contributed by atoms with Crippen molar-refractivity contribution >= 4 is 11.6 Å². The fraction of sp³-hybridized carbons (Fsp3) is 0.500. The molecule has 0 saturated carbocycles. The van der Waals surface area contributed by atoms with E-state index < -0.39 is 0 Å². The molecule has 0 aliphatic rings. The van der Waals surface area contributed by atoms with Crippen LogP contribution < -0.4 is 11.1 Å². The zero-order valence-corrected chi connectivity index (χ0v) is 10.1. The summed E-state index contributed by atoms with van der Waals surface area (Å²) in [6.07, 6.45) is 3.01. The highest BCUT2D eigenvalue weighted by Crippen LogP contribution is 2.15. The van der Waals surface area contributed by atoms with Gasteiger partial charge in [0.05, 0.1) is 5.02 Å². The number of halogens is 2. The van der Waals surface area contributed by atoms with E-state index in [4.69, 9.17) is 17.3 Å². The van der Waals surface area contributed by atoms with E-state index in [9.17, 15) is 4.39 Å². The fourth-order valence-corrected chi connectivity index (χ4v) is 1.65. The molecule has 16 heavy (non-hydrogen) atoms. The van der Waals surface area contributed by atoms with Crippen LogP contribution in [0.4, 0.5) is 4.39 Å². The molecule has 0 aliphatic heterocycles. The van der Waals surface area contributed by atoms with Crippen molar-refractivity contribution in [1.29, 1.82) is 0 Å². The number of unbranched alkanes of at least 4 members (excludes halogenated alkanes) is 1.